The van der Waals surface area contributed by atoms with Crippen molar-refractivity contribution in [1.82, 2.24) is 9.96 Å². The monoisotopic (exact) mass is 377 g/mol. The SMILES string of the molecule is C[C@]1(COS(=O)(=O)ON2C(=O)N3C[C@H]2CC[C@H]3C(N)=O)CCOC1=O. The van der Waals surface area contributed by atoms with E-state index in [0.717, 1.165) is 0 Å². The van der Waals surface area contributed by atoms with Crippen LogP contribution in [0.2, 0.25) is 0 Å². The van der Waals surface area contributed by atoms with Crippen LogP contribution in [0.5, 0.6) is 0 Å². The Kier molecular flexibility index (Phi) is 4.37. The number of hydrogen-bond donors (Lipinski definition) is 1. The fourth-order valence-electron chi connectivity index (χ4n) is 3.12. The summed E-state index contributed by atoms with van der Waals surface area (Å²) in [6.45, 7) is 1.41. The first-order valence-electron chi connectivity index (χ1n) is 7.78. The summed E-state index contributed by atoms with van der Waals surface area (Å²) in [7, 11) is -4.57. The molecule has 12 heteroatoms. The van der Waals surface area contributed by atoms with Gasteiger partial charge in [0.05, 0.1) is 24.7 Å². The van der Waals surface area contributed by atoms with Crippen LogP contribution in [0.25, 0.3) is 0 Å². The highest BCUT2D eigenvalue weighted by Crippen LogP contribution is 2.32. The van der Waals surface area contributed by atoms with Crippen molar-refractivity contribution in [3.05, 3.63) is 0 Å². The molecule has 3 fully saturated rings. The summed E-state index contributed by atoms with van der Waals surface area (Å²) in [4.78, 5) is 36.4. The summed E-state index contributed by atoms with van der Waals surface area (Å²) in [5.74, 6) is -1.20. The van der Waals surface area contributed by atoms with Gasteiger partial charge in [0, 0.05) is 6.54 Å². The third-order valence-electron chi connectivity index (χ3n) is 4.72. The molecule has 3 aliphatic rings. The largest absolute Gasteiger partial charge is 0.465 e. The lowest BCUT2D eigenvalue weighted by Gasteiger charge is -2.27. The first-order valence-corrected chi connectivity index (χ1v) is 9.12. The summed E-state index contributed by atoms with van der Waals surface area (Å²) in [6.07, 6.45) is 1.02. The molecule has 140 valence electrons. The number of hydroxylamine groups is 2. The topological polar surface area (TPSA) is 146 Å². The van der Waals surface area contributed by atoms with Crippen LogP contribution in [0.3, 0.4) is 0 Å². The third-order valence-corrected chi connectivity index (χ3v) is 5.47. The van der Waals surface area contributed by atoms with Gasteiger partial charge in [-0.25, -0.2) is 8.98 Å². The van der Waals surface area contributed by atoms with Crippen molar-refractivity contribution in [2.24, 2.45) is 11.1 Å². The second-order valence-electron chi connectivity index (χ2n) is 6.60. The molecule has 0 aromatic carbocycles. The van der Waals surface area contributed by atoms with Crippen molar-refractivity contribution < 1.29 is 36.0 Å². The molecular formula is C13H19N3O8S. The maximum absolute atomic E-state index is 12.3. The van der Waals surface area contributed by atoms with Crippen LogP contribution < -0.4 is 5.73 Å². The van der Waals surface area contributed by atoms with Crippen LogP contribution in [0.1, 0.15) is 26.2 Å². The summed E-state index contributed by atoms with van der Waals surface area (Å²) in [5, 5.41) is 0.688. The van der Waals surface area contributed by atoms with Crippen molar-refractivity contribution in [2.45, 2.75) is 38.3 Å². The van der Waals surface area contributed by atoms with E-state index in [1.54, 1.807) is 0 Å². The highest BCUT2D eigenvalue weighted by molar-refractivity contribution is 7.81. The van der Waals surface area contributed by atoms with Gasteiger partial charge in [-0.2, -0.15) is 13.5 Å². The zero-order chi connectivity index (χ0) is 18.4. The number of carbonyl (C=O) groups excluding carboxylic acids is 3. The van der Waals surface area contributed by atoms with Crippen LogP contribution in [0.4, 0.5) is 4.79 Å². The van der Waals surface area contributed by atoms with Gasteiger partial charge in [0.15, 0.2) is 0 Å². The normalized spacial score (nSPS) is 32.2. The Labute approximate surface area is 144 Å². The van der Waals surface area contributed by atoms with E-state index >= 15 is 0 Å². The van der Waals surface area contributed by atoms with E-state index in [-0.39, 0.29) is 13.2 Å². The average Bonchev–Trinajstić information content (AvgIpc) is 2.99. The highest BCUT2D eigenvalue weighted by atomic mass is 32.3. The molecule has 2 N–H and O–H groups in total. The van der Waals surface area contributed by atoms with Crippen LogP contribution in [0.15, 0.2) is 0 Å². The molecule has 3 saturated heterocycles. The molecule has 3 atom stereocenters. The second-order valence-corrected chi connectivity index (χ2v) is 7.80. The summed E-state index contributed by atoms with van der Waals surface area (Å²) in [5.41, 5.74) is 4.17. The summed E-state index contributed by atoms with van der Waals surface area (Å²) >= 11 is 0. The molecule has 3 aliphatic heterocycles. The van der Waals surface area contributed by atoms with Gasteiger partial charge >= 0.3 is 22.4 Å². The predicted molar refractivity (Wildman–Crippen MR) is 79.6 cm³/mol. The van der Waals surface area contributed by atoms with Crippen molar-refractivity contribution in [3.63, 3.8) is 0 Å². The lowest BCUT2D eigenvalue weighted by molar-refractivity contribution is -0.147. The zero-order valence-electron chi connectivity index (χ0n) is 13.5. The minimum Gasteiger partial charge on any atom is -0.465 e. The van der Waals surface area contributed by atoms with Crippen molar-refractivity contribution in [3.8, 4) is 0 Å². The van der Waals surface area contributed by atoms with Gasteiger partial charge in [0.1, 0.15) is 6.04 Å². The molecule has 11 nitrogen and oxygen atoms in total. The van der Waals surface area contributed by atoms with Gasteiger partial charge in [0.2, 0.25) is 5.91 Å². The van der Waals surface area contributed by atoms with E-state index in [1.165, 1.54) is 11.8 Å². The number of rotatable bonds is 6. The number of nitrogens with two attached hydrogens (primary N) is 1. The molecule has 0 saturated carbocycles. The minimum absolute atomic E-state index is 0.145. The second kappa shape index (κ2) is 6.11. The van der Waals surface area contributed by atoms with E-state index in [1.807, 2.05) is 0 Å². The number of nitrogens with zero attached hydrogens (tertiary/aromatic N) is 2. The minimum atomic E-state index is -4.57. The van der Waals surface area contributed by atoms with E-state index in [9.17, 15) is 22.8 Å². The Hall–Kier alpha value is -1.92. The van der Waals surface area contributed by atoms with E-state index in [0.29, 0.717) is 24.3 Å². The average molecular weight is 377 g/mol. The maximum Gasteiger partial charge on any atom is 0.421 e. The number of cyclic esters (lactones) is 1. The first kappa shape index (κ1) is 17.9. The number of fused-ring (bicyclic) bond motifs is 2. The van der Waals surface area contributed by atoms with Crippen LogP contribution >= 0.6 is 0 Å². The lowest BCUT2D eigenvalue weighted by Crippen LogP contribution is -2.47. The Morgan fingerprint density at radius 3 is 2.72 bits per heavy atom. The molecule has 3 heterocycles. The molecule has 0 aromatic heterocycles. The molecule has 3 rings (SSSR count). The molecule has 0 spiro atoms. The van der Waals surface area contributed by atoms with Crippen LogP contribution in [0, 0.1) is 5.41 Å². The first-order chi connectivity index (χ1) is 11.6. The van der Waals surface area contributed by atoms with Gasteiger partial charge in [-0.05, 0) is 26.2 Å². The molecule has 0 aromatic rings. The number of urea groups is 1. The number of amides is 3. The number of piperidine rings is 1. The molecule has 25 heavy (non-hydrogen) atoms. The summed E-state index contributed by atoms with van der Waals surface area (Å²) in [6, 6.07) is -2.06. The highest BCUT2D eigenvalue weighted by Gasteiger charge is 2.49. The number of hydrogen-bond acceptors (Lipinski definition) is 8. The van der Waals surface area contributed by atoms with Gasteiger partial charge in [-0.15, -0.1) is 4.28 Å². The molecule has 2 bridgehead atoms. The van der Waals surface area contributed by atoms with Crippen molar-refractivity contribution in [2.75, 3.05) is 19.8 Å². The molecule has 3 amide bonds. The Balaban J connectivity index is 1.64. The number of carbonyl (C=O) groups is 3. The van der Waals surface area contributed by atoms with Crippen LogP contribution in [-0.4, -0.2) is 68.1 Å². The van der Waals surface area contributed by atoms with Crippen molar-refractivity contribution >= 4 is 28.3 Å². The lowest BCUT2D eigenvalue weighted by atomic mass is 9.91. The Morgan fingerprint density at radius 2 is 2.12 bits per heavy atom. The fraction of sp³-hybridized carbons (Fsp3) is 0.769. The smallest absolute Gasteiger partial charge is 0.421 e. The zero-order valence-corrected chi connectivity index (χ0v) is 14.4. The Morgan fingerprint density at radius 1 is 1.40 bits per heavy atom. The fourth-order valence-corrected chi connectivity index (χ4v) is 3.95. The quantitative estimate of drug-likeness (QED) is 0.573. The summed E-state index contributed by atoms with van der Waals surface area (Å²) < 4.78 is 38.4. The molecule has 0 radical (unpaired) electrons. The standard InChI is InChI=1S/C13H19N3O8S/c1-13(4-5-22-11(13)18)7-23-25(20,21)24-16-8-2-3-9(10(14)17)15(6-8)12(16)19/h8-9H,2-7H2,1H3,(H2,14,17)/t8-,9+,13-/m1/s1. The third kappa shape index (κ3) is 3.28. The van der Waals surface area contributed by atoms with E-state index < -0.39 is 52.4 Å². The molecular weight excluding hydrogens is 358 g/mol. The van der Waals surface area contributed by atoms with Gasteiger partial charge in [0.25, 0.3) is 0 Å². The molecule has 0 aliphatic carbocycles. The van der Waals surface area contributed by atoms with Gasteiger partial charge in [-0.3, -0.25) is 9.59 Å². The molecule has 0 unspecified atom stereocenters. The predicted octanol–water partition coefficient (Wildman–Crippen LogP) is -1.11. The van der Waals surface area contributed by atoms with Gasteiger partial charge < -0.3 is 15.4 Å². The van der Waals surface area contributed by atoms with Crippen LogP contribution in [-0.2, 0) is 33.2 Å². The van der Waals surface area contributed by atoms with E-state index in [2.05, 4.69) is 0 Å². The number of primary amides is 1. The maximum atomic E-state index is 12.3. The van der Waals surface area contributed by atoms with Gasteiger partial charge in [-0.1, -0.05) is 0 Å². The van der Waals surface area contributed by atoms with Crippen molar-refractivity contribution in [1.29, 1.82) is 0 Å². The van der Waals surface area contributed by atoms with E-state index in [4.69, 9.17) is 18.9 Å². The number of esters is 1. The Bertz CT molecular complexity index is 710. The number of ether oxygens (including phenoxy) is 1.